The molecule has 2 amide bonds. The number of halogens is 3. The first kappa shape index (κ1) is 25.9. The molecule has 0 heterocycles. The zero-order valence-corrected chi connectivity index (χ0v) is 20.9. The lowest BCUT2D eigenvalue weighted by Gasteiger charge is -2.31. The van der Waals surface area contributed by atoms with E-state index in [1.165, 1.54) is 0 Å². The van der Waals surface area contributed by atoms with Crippen LogP contribution in [0.5, 0.6) is 0 Å². The van der Waals surface area contributed by atoms with Crippen molar-refractivity contribution in [1.82, 2.24) is 10.2 Å². The Hall–Kier alpha value is -1.40. The first-order chi connectivity index (χ1) is 14.7. The Morgan fingerprint density at radius 2 is 1.65 bits per heavy atom. The van der Waals surface area contributed by atoms with Gasteiger partial charge in [0.15, 0.2) is 0 Å². The highest BCUT2D eigenvalue weighted by Gasteiger charge is 2.29. The van der Waals surface area contributed by atoms with E-state index in [0.29, 0.717) is 32.8 Å². The van der Waals surface area contributed by atoms with E-state index in [-0.39, 0.29) is 30.8 Å². The summed E-state index contributed by atoms with van der Waals surface area (Å²) in [4.78, 5) is 28.7. The smallest absolute Gasteiger partial charge is 0.243 e. The van der Waals surface area contributed by atoms with Gasteiger partial charge in [0.2, 0.25) is 11.8 Å². The van der Waals surface area contributed by atoms with Gasteiger partial charge in [0.05, 0.1) is 0 Å². The average Bonchev–Trinajstić information content (AvgIpc) is 2.70. The lowest BCUT2D eigenvalue weighted by atomic mass is 10.1. The maximum Gasteiger partial charge on any atom is 0.243 e. The molecule has 1 atom stereocenters. The van der Waals surface area contributed by atoms with E-state index in [1.54, 1.807) is 34.9 Å². The number of thioether (sulfide) groups is 1. The van der Waals surface area contributed by atoms with Gasteiger partial charge >= 0.3 is 0 Å². The molecule has 0 bridgehead atoms. The Balaban J connectivity index is 2.19. The van der Waals surface area contributed by atoms with Crippen LogP contribution >= 0.6 is 46.6 Å². The van der Waals surface area contributed by atoms with Crippen molar-refractivity contribution in [3.8, 4) is 0 Å². The van der Waals surface area contributed by atoms with Gasteiger partial charge in [0.1, 0.15) is 6.04 Å². The van der Waals surface area contributed by atoms with E-state index >= 15 is 0 Å². The number of nitrogens with zero attached hydrogens (tertiary/aromatic N) is 1. The van der Waals surface area contributed by atoms with Crippen LogP contribution in [-0.2, 0) is 16.1 Å². The standard InChI is InChI=1S/C23H27Cl3N2O2S/c1-4-21(23(30)27-15(2)3)28(14-18-19(25)6-5-7-20(18)26)22(29)12-13-31-17-10-8-16(24)9-11-17/h5-11,15,21H,4,12-14H2,1-3H3,(H,27,30)/t21-/m0/s1. The van der Waals surface area contributed by atoms with E-state index in [2.05, 4.69) is 5.32 Å². The Morgan fingerprint density at radius 3 is 2.19 bits per heavy atom. The Labute approximate surface area is 203 Å². The molecule has 2 aromatic carbocycles. The number of hydrogen-bond acceptors (Lipinski definition) is 3. The molecule has 0 radical (unpaired) electrons. The molecule has 0 aliphatic heterocycles. The Morgan fingerprint density at radius 1 is 1.03 bits per heavy atom. The second-order valence-electron chi connectivity index (χ2n) is 7.36. The summed E-state index contributed by atoms with van der Waals surface area (Å²) in [7, 11) is 0. The van der Waals surface area contributed by atoms with Gasteiger partial charge in [-0.25, -0.2) is 0 Å². The summed E-state index contributed by atoms with van der Waals surface area (Å²) in [5, 5.41) is 4.53. The average molecular weight is 502 g/mol. The second-order valence-corrected chi connectivity index (χ2v) is 9.78. The molecule has 2 rings (SSSR count). The first-order valence-electron chi connectivity index (χ1n) is 10.1. The topological polar surface area (TPSA) is 49.4 Å². The largest absolute Gasteiger partial charge is 0.352 e. The van der Waals surface area contributed by atoms with Crippen LogP contribution in [0.25, 0.3) is 0 Å². The molecule has 4 nitrogen and oxygen atoms in total. The van der Waals surface area contributed by atoms with Gasteiger partial charge in [-0.05, 0) is 56.7 Å². The molecule has 31 heavy (non-hydrogen) atoms. The molecule has 0 aromatic heterocycles. The SMILES string of the molecule is CC[C@@H](C(=O)NC(C)C)N(Cc1c(Cl)cccc1Cl)C(=O)CCSc1ccc(Cl)cc1. The summed E-state index contributed by atoms with van der Waals surface area (Å²) >= 11 is 20.2. The summed E-state index contributed by atoms with van der Waals surface area (Å²) in [6, 6.07) is 12.1. The van der Waals surface area contributed by atoms with E-state index in [9.17, 15) is 9.59 Å². The Kier molecular flexibility index (Phi) is 10.5. The number of nitrogens with one attached hydrogen (secondary N) is 1. The highest BCUT2D eigenvalue weighted by atomic mass is 35.5. The minimum Gasteiger partial charge on any atom is -0.352 e. The number of amides is 2. The Bertz CT molecular complexity index is 871. The van der Waals surface area contributed by atoms with Crippen molar-refractivity contribution < 1.29 is 9.59 Å². The van der Waals surface area contributed by atoms with Crippen LogP contribution in [0.15, 0.2) is 47.4 Å². The van der Waals surface area contributed by atoms with Crippen LogP contribution in [0.4, 0.5) is 0 Å². The molecule has 0 aliphatic rings. The van der Waals surface area contributed by atoms with Gasteiger partial charge in [-0.15, -0.1) is 11.8 Å². The van der Waals surface area contributed by atoms with E-state index in [4.69, 9.17) is 34.8 Å². The summed E-state index contributed by atoms with van der Waals surface area (Å²) < 4.78 is 0. The summed E-state index contributed by atoms with van der Waals surface area (Å²) in [5.41, 5.74) is 0.639. The predicted molar refractivity (Wildman–Crippen MR) is 131 cm³/mol. The zero-order chi connectivity index (χ0) is 23.0. The molecular weight excluding hydrogens is 475 g/mol. The number of rotatable bonds is 10. The highest BCUT2D eigenvalue weighted by molar-refractivity contribution is 7.99. The summed E-state index contributed by atoms with van der Waals surface area (Å²) in [6.45, 7) is 5.85. The molecular formula is C23H27Cl3N2O2S. The molecule has 2 aromatic rings. The lowest BCUT2D eigenvalue weighted by molar-refractivity contribution is -0.141. The number of carbonyl (C=O) groups is 2. The molecule has 0 saturated carbocycles. The third kappa shape index (κ3) is 7.90. The van der Waals surface area contributed by atoms with Crippen LogP contribution < -0.4 is 5.32 Å². The third-order valence-electron chi connectivity index (χ3n) is 4.61. The summed E-state index contributed by atoms with van der Waals surface area (Å²) in [6.07, 6.45) is 0.761. The number of hydrogen-bond donors (Lipinski definition) is 1. The van der Waals surface area contributed by atoms with Crippen molar-refractivity contribution in [3.05, 3.63) is 63.1 Å². The minimum atomic E-state index is -0.609. The van der Waals surface area contributed by atoms with Crippen LogP contribution in [0, 0.1) is 0 Å². The molecule has 0 aliphatic carbocycles. The second kappa shape index (κ2) is 12.6. The van der Waals surface area contributed by atoms with Crippen LogP contribution in [-0.4, -0.2) is 34.6 Å². The van der Waals surface area contributed by atoms with Crippen LogP contribution in [0.2, 0.25) is 15.1 Å². The maximum atomic E-state index is 13.2. The maximum absolute atomic E-state index is 13.2. The van der Waals surface area contributed by atoms with Crippen molar-refractivity contribution in [3.63, 3.8) is 0 Å². The monoisotopic (exact) mass is 500 g/mol. The van der Waals surface area contributed by atoms with E-state index < -0.39 is 6.04 Å². The molecule has 1 N–H and O–H groups in total. The van der Waals surface area contributed by atoms with Gasteiger partial charge in [-0.3, -0.25) is 9.59 Å². The number of benzene rings is 2. The fourth-order valence-electron chi connectivity index (χ4n) is 3.08. The lowest BCUT2D eigenvalue weighted by Crippen LogP contribution is -2.50. The predicted octanol–water partition coefficient (Wildman–Crippen LogP) is 6.46. The fraction of sp³-hybridized carbons (Fsp3) is 0.391. The molecule has 0 unspecified atom stereocenters. The molecule has 0 spiro atoms. The molecule has 168 valence electrons. The summed E-state index contributed by atoms with van der Waals surface area (Å²) in [5.74, 6) is 0.276. The van der Waals surface area contributed by atoms with Crippen LogP contribution in [0.3, 0.4) is 0 Å². The normalized spacial score (nSPS) is 12.0. The van der Waals surface area contributed by atoms with Gasteiger partial charge < -0.3 is 10.2 Å². The van der Waals surface area contributed by atoms with Crippen molar-refractivity contribution >= 4 is 58.4 Å². The van der Waals surface area contributed by atoms with Crippen molar-refractivity contribution in [2.24, 2.45) is 0 Å². The fourth-order valence-corrected chi connectivity index (χ4v) is 4.57. The minimum absolute atomic E-state index is 0.0251. The van der Waals surface area contributed by atoms with Gasteiger partial charge in [0.25, 0.3) is 0 Å². The number of carbonyl (C=O) groups excluding carboxylic acids is 2. The molecule has 8 heteroatoms. The van der Waals surface area contributed by atoms with Gasteiger partial charge in [0, 0.05) is 50.3 Å². The molecule has 0 fully saturated rings. The molecule has 0 saturated heterocycles. The first-order valence-corrected chi connectivity index (χ1v) is 12.3. The van der Waals surface area contributed by atoms with E-state index in [1.807, 2.05) is 45.0 Å². The van der Waals surface area contributed by atoms with E-state index in [0.717, 1.165) is 4.90 Å². The van der Waals surface area contributed by atoms with Crippen LogP contribution in [0.1, 0.15) is 39.2 Å². The van der Waals surface area contributed by atoms with Crippen molar-refractivity contribution in [1.29, 1.82) is 0 Å². The quantitative estimate of drug-likeness (QED) is 0.380. The zero-order valence-electron chi connectivity index (χ0n) is 17.8. The van der Waals surface area contributed by atoms with Crippen molar-refractivity contribution in [2.75, 3.05) is 5.75 Å². The third-order valence-corrected chi connectivity index (χ3v) is 6.58. The van der Waals surface area contributed by atoms with Gasteiger partial charge in [-0.1, -0.05) is 47.8 Å². The van der Waals surface area contributed by atoms with Gasteiger partial charge in [-0.2, -0.15) is 0 Å². The van der Waals surface area contributed by atoms with Crippen molar-refractivity contribution in [2.45, 2.75) is 57.1 Å². The highest BCUT2D eigenvalue weighted by Crippen LogP contribution is 2.28.